The molecule has 84 valence electrons. The van der Waals surface area contributed by atoms with Gasteiger partial charge in [-0.15, -0.1) is 0 Å². The van der Waals surface area contributed by atoms with Gasteiger partial charge in [-0.3, -0.25) is 0 Å². The summed E-state index contributed by atoms with van der Waals surface area (Å²) in [6.07, 6.45) is -0.158. The number of aryl methyl sites for hydroxylation is 1. The molecule has 0 bridgehead atoms. The van der Waals surface area contributed by atoms with Crippen LogP contribution in [0.1, 0.15) is 23.7 Å². The molecular weight excluding hydrogens is 192 g/mol. The summed E-state index contributed by atoms with van der Waals surface area (Å²) in [5.74, 6) is 0.221. The van der Waals surface area contributed by atoms with Crippen LogP contribution >= 0.6 is 0 Å². The molecule has 0 saturated heterocycles. The third-order valence-electron chi connectivity index (χ3n) is 2.47. The fourth-order valence-corrected chi connectivity index (χ4v) is 1.46. The maximum Gasteiger partial charge on any atom is 0.118 e. The van der Waals surface area contributed by atoms with Gasteiger partial charge in [0.05, 0.1) is 6.10 Å². The Kier molecular flexibility index (Phi) is 4.08. The van der Waals surface area contributed by atoms with Crippen LogP contribution in [-0.4, -0.2) is 22.8 Å². The van der Waals surface area contributed by atoms with E-state index in [9.17, 15) is 10.2 Å². The highest BCUT2D eigenvalue weighted by Gasteiger charge is 2.16. The lowest BCUT2D eigenvalue weighted by Gasteiger charge is -2.19. The number of phenols is 1. The summed E-state index contributed by atoms with van der Waals surface area (Å²) >= 11 is 0. The van der Waals surface area contributed by atoms with Crippen molar-refractivity contribution in [3.05, 3.63) is 29.3 Å². The number of aromatic hydroxyl groups is 1. The first-order valence-electron chi connectivity index (χ1n) is 4.99. The number of nitrogens with two attached hydrogens (primary N) is 2. The van der Waals surface area contributed by atoms with Crippen LogP contribution < -0.4 is 11.5 Å². The first-order valence-corrected chi connectivity index (χ1v) is 4.99. The van der Waals surface area contributed by atoms with Crippen LogP contribution in [0.4, 0.5) is 0 Å². The van der Waals surface area contributed by atoms with Crippen LogP contribution in [0.15, 0.2) is 18.2 Å². The van der Waals surface area contributed by atoms with E-state index in [0.717, 1.165) is 5.56 Å². The monoisotopic (exact) mass is 210 g/mol. The molecule has 0 aliphatic heterocycles. The molecule has 0 aromatic heterocycles. The summed E-state index contributed by atoms with van der Waals surface area (Å²) in [6, 6.07) is 4.60. The normalized spacial score (nSPS) is 14.9. The second-order valence-electron chi connectivity index (χ2n) is 3.73. The maximum atomic E-state index is 9.87. The highest BCUT2D eigenvalue weighted by molar-refractivity contribution is 5.36. The number of phenolic OH excluding ortho intramolecular Hbond substituents is 1. The molecular formula is C11H18N2O2. The minimum atomic E-state index is -0.729. The standard InChI is InChI=1S/C11H18N2O2/c1-7-6-8(2-3-10(7)14)11(15)9(13)4-5-12/h2-3,6,9,11,14-15H,4-5,12-13H2,1H3. The van der Waals surface area contributed by atoms with Crippen molar-refractivity contribution in [3.63, 3.8) is 0 Å². The van der Waals surface area contributed by atoms with Crippen LogP contribution in [0.5, 0.6) is 5.75 Å². The summed E-state index contributed by atoms with van der Waals surface area (Å²) in [5, 5.41) is 19.2. The fourth-order valence-electron chi connectivity index (χ4n) is 1.46. The highest BCUT2D eigenvalue weighted by Crippen LogP contribution is 2.23. The average molecular weight is 210 g/mol. The molecule has 0 aliphatic carbocycles. The van der Waals surface area contributed by atoms with Gasteiger partial charge in [0.1, 0.15) is 5.75 Å². The van der Waals surface area contributed by atoms with Crippen LogP contribution in [0.2, 0.25) is 0 Å². The third kappa shape index (κ3) is 2.92. The van der Waals surface area contributed by atoms with E-state index in [2.05, 4.69) is 0 Å². The van der Waals surface area contributed by atoms with Crippen molar-refractivity contribution < 1.29 is 10.2 Å². The van der Waals surface area contributed by atoms with E-state index in [1.54, 1.807) is 25.1 Å². The summed E-state index contributed by atoms with van der Waals surface area (Å²) in [5.41, 5.74) is 12.6. The molecule has 1 rings (SSSR count). The Morgan fingerprint density at radius 1 is 1.40 bits per heavy atom. The Morgan fingerprint density at radius 2 is 2.07 bits per heavy atom. The van der Waals surface area contributed by atoms with Gasteiger partial charge >= 0.3 is 0 Å². The first kappa shape index (κ1) is 12.0. The Labute approximate surface area is 89.5 Å². The summed E-state index contributed by atoms with van der Waals surface area (Å²) in [7, 11) is 0. The van der Waals surface area contributed by atoms with Gasteiger partial charge in [-0.1, -0.05) is 6.07 Å². The summed E-state index contributed by atoms with van der Waals surface area (Å²) in [4.78, 5) is 0. The van der Waals surface area contributed by atoms with E-state index in [0.29, 0.717) is 18.5 Å². The van der Waals surface area contributed by atoms with E-state index in [1.165, 1.54) is 0 Å². The number of benzene rings is 1. The van der Waals surface area contributed by atoms with Crippen LogP contribution in [0.25, 0.3) is 0 Å². The lowest BCUT2D eigenvalue weighted by molar-refractivity contribution is 0.143. The Bertz CT molecular complexity index is 328. The average Bonchev–Trinajstić information content (AvgIpc) is 2.21. The smallest absolute Gasteiger partial charge is 0.118 e. The molecule has 0 amide bonds. The SMILES string of the molecule is Cc1cc(C(O)C(N)CCN)ccc1O. The zero-order valence-electron chi connectivity index (χ0n) is 8.85. The quantitative estimate of drug-likeness (QED) is 0.579. The zero-order valence-corrected chi connectivity index (χ0v) is 8.85. The second kappa shape index (κ2) is 5.11. The van der Waals surface area contributed by atoms with E-state index < -0.39 is 6.10 Å². The number of hydrogen-bond donors (Lipinski definition) is 4. The maximum absolute atomic E-state index is 9.87. The Morgan fingerprint density at radius 3 is 2.60 bits per heavy atom. The van der Waals surface area contributed by atoms with Gasteiger partial charge in [0.2, 0.25) is 0 Å². The summed E-state index contributed by atoms with van der Waals surface area (Å²) in [6.45, 7) is 2.23. The molecule has 15 heavy (non-hydrogen) atoms. The molecule has 1 aromatic rings. The number of aliphatic hydroxyl groups excluding tert-OH is 1. The van der Waals surface area contributed by atoms with Crippen molar-refractivity contribution >= 4 is 0 Å². The van der Waals surface area contributed by atoms with E-state index >= 15 is 0 Å². The van der Waals surface area contributed by atoms with Crippen LogP contribution in [-0.2, 0) is 0 Å². The summed E-state index contributed by atoms with van der Waals surface area (Å²) < 4.78 is 0. The minimum Gasteiger partial charge on any atom is -0.508 e. The van der Waals surface area contributed by atoms with Crippen molar-refractivity contribution in [2.45, 2.75) is 25.5 Å². The molecule has 6 N–H and O–H groups in total. The van der Waals surface area contributed by atoms with Gasteiger partial charge < -0.3 is 21.7 Å². The zero-order chi connectivity index (χ0) is 11.4. The lowest BCUT2D eigenvalue weighted by atomic mass is 9.99. The van der Waals surface area contributed by atoms with E-state index in [1.807, 2.05) is 0 Å². The van der Waals surface area contributed by atoms with Gasteiger partial charge in [0, 0.05) is 6.04 Å². The van der Waals surface area contributed by atoms with Crippen molar-refractivity contribution in [1.82, 2.24) is 0 Å². The third-order valence-corrected chi connectivity index (χ3v) is 2.47. The van der Waals surface area contributed by atoms with Gasteiger partial charge in [-0.2, -0.15) is 0 Å². The number of aliphatic hydroxyl groups is 1. The second-order valence-corrected chi connectivity index (χ2v) is 3.73. The van der Waals surface area contributed by atoms with E-state index in [-0.39, 0.29) is 11.8 Å². The topological polar surface area (TPSA) is 92.5 Å². The predicted octanol–water partition coefficient (Wildman–Crippen LogP) is 0.410. The van der Waals surface area contributed by atoms with Crippen LogP contribution in [0, 0.1) is 6.92 Å². The minimum absolute atomic E-state index is 0.221. The van der Waals surface area contributed by atoms with Crippen molar-refractivity contribution in [3.8, 4) is 5.75 Å². The lowest BCUT2D eigenvalue weighted by Crippen LogP contribution is -2.30. The Balaban J connectivity index is 2.81. The molecule has 4 heteroatoms. The molecule has 2 unspecified atom stereocenters. The largest absolute Gasteiger partial charge is 0.508 e. The Hall–Kier alpha value is -1.10. The van der Waals surface area contributed by atoms with Gasteiger partial charge in [0.25, 0.3) is 0 Å². The number of rotatable bonds is 4. The predicted molar refractivity (Wildman–Crippen MR) is 59.5 cm³/mol. The molecule has 2 atom stereocenters. The van der Waals surface area contributed by atoms with Crippen molar-refractivity contribution in [2.24, 2.45) is 11.5 Å². The molecule has 0 spiro atoms. The fraction of sp³-hybridized carbons (Fsp3) is 0.455. The molecule has 0 saturated carbocycles. The molecule has 1 aromatic carbocycles. The molecule has 0 radical (unpaired) electrons. The first-order chi connectivity index (χ1) is 7.06. The molecule has 0 aliphatic rings. The van der Waals surface area contributed by atoms with Crippen molar-refractivity contribution in [2.75, 3.05) is 6.54 Å². The molecule has 4 nitrogen and oxygen atoms in total. The van der Waals surface area contributed by atoms with Gasteiger partial charge in [-0.25, -0.2) is 0 Å². The van der Waals surface area contributed by atoms with Crippen LogP contribution in [0.3, 0.4) is 0 Å². The molecule has 0 fully saturated rings. The molecule has 0 heterocycles. The highest BCUT2D eigenvalue weighted by atomic mass is 16.3. The number of hydrogen-bond acceptors (Lipinski definition) is 4. The van der Waals surface area contributed by atoms with Gasteiger partial charge in [-0.05, 0) is 43.1 Å². The van der Waals surface area contributed by atoms with Crippen molar-refractivity contribution in [1.29, 1.82) is 0 Å². The van der Waals surface area contributed by atoms with Gasteiger partial charge in [0.15, 0.2) is 0 Å². The van der Waals surface area contributed by atoms with E-state index in [4.69, 9.17) is 11.5 Å².